The Bertz CT molecular complexity index is 1620. The fraction of sp³-hybridized carbons (Fsp3) is 0.375. The van der Waals surface area contributed by atoms with E-state index in [1.165, 1.54) is 11.1 Å². The van der Waals surface area contributed by atoms with Crippen LogP contribution in [0.3, 0.4) is 0 Å². The Balaban J connectivity index is 0.00000277. The fourth-order valence-electron chi connectivity index (χ4n) is 8.52. The van der Waals surface area contributed by atoms with Crippen molar-refractivity contribution in [2.75, 3.05) is 32.1 Å². The Kier molecular flexibility index (Phi) is 5.87. The molecule has 0 saturated carbocycles. The average molecular weight is 544 g/mol. The van der Waals surface area contributed by atoms with E-state index in [9.17, 15) is 9.59 Å². The largest absolute Gasteiger partial charge is 1.00 e. The number of aldehydes is 1. The number of Topliss-reactive ketones (excluding diaryl/α,β-unsaturated/α-hetero) is 1. The first-order valence-corrected chi connectivity index (χ1v) is 13.6. The van der Waals surface area contributed by atoms with Crippen LogP contribution in [0.4, 0.5) is 5.69 Å². The SMILES string of the molecule is C/C=C1/C[N+]2(CC(=O)c3c(C)n(C)c4ccc(OC)cc34)CC[C@]34C(=C(C=O)[C@H]1CC32)Nc1ccccc14.[Cl-]. The normalized spacial score (nSPS) is 29.1. The van der Waals surface area contributed by atoms with Crippen LogP contribution in [0.2, 0.25) is 0 Å². The molecule has 7 rings (SSSR count). The Labute approximate surface area is 235 Å². The highest BCUT2D eigenvalue weighted by molar-refractivity contribution is 6.10. The third-order valence-electron chi connectivity index (χ3n) is 10.3. The van der Waals surface area contributed by atoms with E-state index in [0.29, 0.717) is 6.54 Å². The molecule has 2 saturated heterocycles. The molecule has 1 N–H and O–H groups in total. The predicted molar refractivity (Wildman–Crippen MR) is 149 cm³/mol. The molecule has 7 heteroatoms. The van der Waals surface area contributed by atoms with E-state index in [1.807, 2.05) is 32.2 Å². The molecule has 2 unspecified atom stereocenters. The number of rotatable bonds is 5. The zero-order valence-electron chi connectivity index (χ0n) is 22.9. The highest BCUT2D eigenvalue weighted by Crippen LogP contribution is 2.63. The number of carbonyl (C=O) groups is 2. The number of fused-ring (bicyclic) bond motifs is 3. The summed E-state index contributed by atoms with van der Waals surface area (Å²) in [6.45, 7) is 6.32. The Morgan fingerprint density at radius 3 is 2.79 bits per heavy atom. The quantitative estimate of drug-likeness (QED) is 0.232. The number of hydrogen-bond donors (Lipinski definition) is 1. The van der Waals surface area contributed by atoms with Crippen LogP contribution in [0.1, 0.15) is 41.4 Å². The van der Waals surface area contributed by atoms with Gasteiger partial charge in [-0.3, -0.25) is 9.59 Å². The van der Waals surface area contributed by atoms with Gasteiger partial charge in [0.25, 0.3) is 0 Å². The number of aryl methyl sites for hydroxylation is 1. The maximum atomic E-state index is 14.4. The van der Waals surface area contributed by atoms with Crippen molar-refractivity contribution in [2.45, 2.75) is 38.1 Å². The first-order chi connectivity index (χ1) is 18.4. The summed E-state index contributed by atoms with van der Waals surface area (Å²) in [6.07, 6.45) is 5.13. The van der Waals surface area contributed by atoms with Crippen LogP contribution in [0.15, 0.2) is 65.4 Å². The lowest BCUT2D eigenvalue weighted by atomic mass is 9.61. The van der Waals surface area contributed by atoms with Gasteiger partial charge in [0.15, 0.2) is 0 Å². The van der Waals surface area contributed by atoms with Gasteiger partial charge in [-0.2, -0.15) is 0 Å². The molecule has 4 atom stereocenters. The van der Waals surface area contributed by atoms with Crippen LogP contribution in [0.5, 0.6) is 5.75 Å². The van der Waals surface area contributed by atoms with Gasteiger partial charge in [0.1, 0.15) is 31.2 Å². The minimum atomic E-state index is -0.236. The van der Waals surface area contributed by atoms with E-state index < -0.39 is 0 Å². The van der Waals surface area contributed by atoms with Gasteiger partial charge < -0.3 is 31.5 Å². The molecular formula is C32H34ClN3O3. The molecule has 0 amide bonds. The summed E-state index contributed by atoms with van der Waals surface area (Å²) in [5.74, 6) is 1.08. The second-order valence-corrected chi connectivity index (χ2v) is 11.6. The number of methoxy groups -OCH3 is 1. The summed E-state index contributed by atoms with van der Waals surface area (Å²) < 4.78 is 8.38. The molecule has 1 aromatic heterocycles. The Hall–Kier alpha value is -3.35. The predicted octanol–water partition coefficient (Wildman–Crippen LogP) is 2.07. The number of piperidine rings is 1. The molecule has 2 bridgehead atoms. The summed E-state index contributed by atoms with van der Waals surface area (Å²) in [5, 5.41) is 4.65. The molecule has 3 aliphatic heterocycles. The maximum absolute atomic E-state index is 14.4. The number of anilines is 1. The Morgan fingerprint density at radius 1 is 1.26 bits per heavy atom. The van der Waals surface area contributed by atoms with Crippen molar-refractivity contribution in [1.82, 2.24) is 4.57 Å². The number of aromatic nitrogens is 1. The molecule has 0 radical (unpaired) electrons. The molecule has 4 heterocycles. The first-order valence-electron chi connectivity index (χ1n) is 13.6. The number of carbonyl (C=O) groups excluding carboxylic acids is 2. The number of quaternary nitrogens is 1. The van der Waals surface area contributed by atoms with Gasteiger partial charge in [-0.1, -0.05) is 24.3 Å². The third kappa shape index (κ3) is 3.19. The van der Waals surface area contributed by atoms with Gasteiger partial charge in [0, 0.05) is 59.4 Å². The molecule has 1 spiro atoms. The van der Waals surface area contributed by atoms with Crippen molar-refractivity contribution in [2.24, 2.45) is 13.0 Å². The first kappa shape index (κ1) is 25.9. The number of ether oxygens (including phenoxy) is 1. The second-order valence-electron chi connectivity index (χ2n) is 11.6. The van der Waals surface area contributed by atoms with Gasteiger partial charge in [0.05, 0.1) is 24.6 Å². The van der Waals surface area contributed by atoms with Gasteiger partial charge >= 0.3 is 0 Å². The molecule has 1 aliphatic carbocycles. The minimum absolute atomic E-state index is 0. The van der Waals surface area contributed by atoms with Crippen LogP contribution in [0, 0.1) is 12.8 Å². The molecule has 2 aromatic carbocycles. The van der Waals surface area contributed by atoms with Crippen LogP contribution >= 0.6 is 0 Å². The zero-order chi connectivity index (χ0) is 26.4. The van der Waals surface area contributed by atoms with Gasteiger partial charge in [-0.25, -0.2) is 0 Å². The van der Waals surface area contributed by atoms with Gasteiger partial charge in [0.2, 0.25) is 5.78 Å². The standard InChI is InChI=1S/C32H33N3O3.ClH/c1-5-20-16-35(17-28(37)30-19(2)34(3)27-11-10-21(38-4)14-23(27)30)13-12-32-25-8-6-7-9-26(25)33-31(32)24(18-36)22(20)15-29(32)35;/h5-11,14,18,22,29H,12-13,15-17H2,1-4H3;1H/b20-5-;/t22-,29?,32+,35?;/m0./s1. The van der Waals surface area contributed by atoms with E-state index >= 15 is 0 Å². The van der Waals surface area contributed by atoms with Crippen LogP contribution in [-0.4, -0.2) is 53.9 Å². The van der Waals surface area contributed by atoms with E-state index in [-0.39, 0.29) is 35.6 Å². The van der Waals surface area contributed by atoms with Crippen LogP contribution < -0.4 is 22.5 Å². The van der Waals surface area contributed by atoms with Crippen LogP contribution in [-0.2, 0) is 17.3 Å². The van der Waals surface area contributed by atoms with Crippen molar-refractivity contribution in [1.29, 1.82) is 0 Å². The van der Waals surface area contributed by atoms with E-state index in [0.717, 1.165) is 81.6 Å². The van der Waals surface area contributed by atoms with Crippen molar-refractivity contribution >= 4 is 28.7 Å². The highest BCUT2D eigenvalue weighted by Gasteiger charge is 2.68. The van der Waals surface area contributed by atoms with Crippen molar-refractivity contribution in [3.05, 3.63) is 82.2 Å². The van der Waals surface area contributed by atoms with E-state index in [4.69, 9.17) is 4.74 Å². The topological polar surface area (TPSA) is 60.3 Å². The summed E-state index contributed by atoms with van der Waals surface area (Å²) >= 11 is 0. The molecule has 4 aliphatic rings. The van der Waals surface area contributed by atoms with E-state index in [2.05, 4.69) is 47.1 Å². The lowest BCUT2D eigenvalue weighted by molar-refractivity contribution is -0.934. The lowest BCUT2D eigenvalue weighted by Gasteiger charge is -2.53. The number of nitrogens with zero attached hydrogens (tertiary/aromatic N) is 2. The number of para-hydroxylation sites is 1. The average Bonchev–Trinajstić information content (AvgIpc) is 3.54. The maximum Gasteiger partial charge on any atom is 0.219 e. The number of hydrogen-bond acceptors (Lipinski definition) is 4. The van der Waals surface area contributed by atoms with Crippen molar-refractivity contribution < 1.29 is 31.2 Å². The van der Waals surface area contributed by atoms with Crippen molar-refractivity contribution in [3.8, 4) is 5.75 Å². The summed E-state index contributed by atoms with van der Waals surface area (Å²) in [4.78, 5) is 26.9. The summed E-state index contributed by atoms with van der Waals surface area (Å²) in [7, 11) is 3.70. The minimum Gasteiger partial charge on any atom is -1.00 e. The second kappa shape index (κ2) is 8.83. The fourth-order valence-corrected chi connectivity index (χ4v) is 8.52. The Morgan fingerprint density at radius 2 is 2.05 bits per heavy atom. The molecule has 6 nitrogen and oxygen atoms in total. The lowest BCUT2D eigenvalue weighted by Crippen LogP contribution is -3.00. The monoisotopic (exact) mass is 543 g/mol. The van der Waals surface area contributed by atoms with Gasteiger partial charge in [-0.15, -0.1) is 0 Å². The number of halogens is 1. The summed E-state index contributed by atoms with van der Waals surface area (Å²) in [5.41, 5.74) is 8.30. The third-order valence-corrected chi connectivity index (χ3v) is 10.3. The molecule has 202 valence electrons. The molecule has 3 aromatic rings. The number of allylic oxidation sites excluding steroid dienone is 2. The summed E-state index contributed by atoms with van der Waals surface area (Å²) in [6, 6.07) is 14.8. The molecule has 2 fully saturated rings. The molecule has 39 heavy (non-hydrogen) atoms. The van der Waals surface area contributed by atoms with Gasteiger partial charge in [-0.05, 0) is 49.2 Å². The number of nitrogens with one attached hydrogen (secondary N) is 1. The number of ketones is 1. The van der Waals surface area contributed by atoms with Crippen LogP contribution in [0.25, 0.3) is 10.9 Å². The smallest absolute Gasteiger partial charge is 0.219 e. The van der Waals surface area contributed by atoms with Crippen molar-refractivity contribution in [3.63, 3.8) is 0 Å². The highest BCUT2D eigenvalue weighted by atomic mass is 35.5. The number of benzene rings is 2. The molecular weight excluding hydrogens is 510 g/mol. The zero-order valence-corrected chi connectivity index (χ0v) is 23.6. The van der Waals surface area contributed by atoms with E-state index in [1.54, 1.807) is 7.11 Å².